The highest BCUT2D eigenvalue weighted by Gasteiger charge is 2.26. The molecule has 5 nitrogen and oxygen atoms in total. The van der Waals surface area contributed by atoms with E-state index in [2.05, 4.69) is 13.2 Å². The standard InChI is InChI=1S/C12H22NO4P/c1-4-7-10(6-3)9-11(13)12(8-5-2)17-18(14,15)16/h4,6-7,11-12H,1,3,5,8-9,13H2,2H3,(H2,14,15,16). The van der Waals surface area contributed by atoms with Gasteiger partial charge in [0.05, 0.1) is 6.10 Å². The van der Waals surface area contributed by atoms with Crippen molar-refractivity contribution in [3.8, 4) is 0 Å². The maximum absolute atomic E-state index is 10.9. The lowest BCUT2D eigenvalue weighted by Gasteiger charge is -2.24. The highest BCUT2D eigenvalue weighted by molar-refractivity contribution is 7.46. The first kappa shape index (κ1) is 17.3. The van der Waals surface area contributed by atoms with E-state index in [4.69, 9.17) is 20.0 Å². The Morgan fingerprint density at radius 3 is 2.50 bits per heavy atom. The van der Waals surface area contributed by atoms with Gasteiger partial charge in [0, 0.05) is 6.04 Å². The molecule has 0 aliphatic carbocycles. The first-order chi connectivity index (χ1) is 8.34. The van der Waals surface area contributed by atoms with Gasteiger partial charge < -0.3 is 15.5 Å². The first-order valence-corrected chi connectivity index (χ1v) is 7.30. The Morgan fingerprint density at radius 1 is 1.50 bits per heavy atom. The number of phosphoric acid groups is 1. The summed E-state index contributed by atoms with van der Waals surface area (Å²) < 4.78 is 15.6. The predicted molar refractivity (Wildman–Crippen MR) is 72.9 cm³/mol. The second-order valence-corrected chi connectivity index (χ2v) is 5.16. The molecule has 2 unspecified atom stereocenters. The summed E-state index contributed by atoms with van der Waals surface area (Å²) in [6.45, 7) is 9.12. The first-order valence-electron chi connectivity index (χ1n) is 5.77. The van der Waals surface area contributed by atoms with Crippen molar-refractivity contribution in [3.63, 3.8) is 0 Å². The summed E-state index contributed by atoms with van der Waals surface area (Å²) >= 11 is 0. The fourth-order valence-corrected chi connectivity index (χ4v) is 2.19. The summed E-state index contributed by atoms with van der Waals surface area (Å²) in [7, 11) is -4.52. The molecule has 0 radical (unpaired) electrons. The average molecular weight is 275 g/mol. The van der Waals surface area contributed by atoms with Crippen LogP contribution < -0.4 is 5.73 Å². The highest BCUT2D eigenvalue weighted by Crippen LogP contribution is 2.39. The molecule has 0 amide bonds. The molecule has 0 spiro atoms. The third-order valence-electron chi connectivity index (χ3n) is 2.39. The Kier molecular flexibility index (Phi) is 8.07. The minimum absolute atomic E-state index is 0.431. The molecular weight excluding hydrogens is 253 g/mol. The van der Waals surface area contributed by atoms with Gasteiger partial charge in [-0.3, -0.25) is 4.52 Å². The number of hydrogen-bond acceptors (Lipinski definition) is 3. The Morgan fingerprint density at radius 2 is 2.11 bits per heavy atom. The summed E-state index contributed by atoms with van der Waals surface area (Å²) in [6.07, 6.45) is 5.99. The smallest absolute Gasteiger partial charge is 0.325 e. The molecule has 0 bridgehead atoms. The Bertz CT molecular complexity index is 348. The van der Waals surface area contributed by atoms with Crippen LogP contribution in [0.1, 0.15) is 26.2 Å². The number of rotatable bonds is 9. The van der Waals surface area contributed by atoms with E-state index in [1.807, 2.05) is 6.92 Å². The van der Waals surface area contributed by atoms with Crippen LogP contribution in [0.4, 0.5) is 0 Å². The maximum Gasteiger partial charge on any atom is 0.469 e. The van der Waals surface area contributed by atoms with Crippen LogP contribution in [-0.2, 0) is 9.09 Å². The number of hydrogen-bond donors (Lipinski definition) is 3. The summed E-state index contributed by atoms with van der Waals surface area (Å²) in [4.78, 5) is 17.7. The Hall–Kier alpha value is -0.710. The minimum atomic E-state index is -4.52. The topological polar surface area (TPSA) is 92.8 Å². The third kappa shape index (κ3) is 7.58. The van der Waals surface area contributed by atoms with Crippen molar-refractivity contribution in [1.29, 1.82) is 0 Å². The quantitative estimate of drug-likeness (QED) is 0.443. The molecule has 0 aromatic rings. The number of allylic oxidation sites excluding steroid dienone is 3. The lowest BCUT2D eigenvalue weighted by molar-refractivity contribution is 0.106. The van der Waals surface area contributed by atoms with Gasteiger partial charge in [-0.25, -0.2) is 4.57 Å². The van der Waals surface area contributed by atoms with E-state index in [1.54, 1.807) is 18.2 Å². The molecule has 0 aromatic carbocycles. The van der Waals surface area contributed by atoms with Crippen LogP contribution in [0, 0.1) is 0 Å². The second kappa shape index (κ2) is 8.40. The molecule has 0 aliphatic rings. The molecule has 18 heavy (non-hydrogen) atoms. The molecule has 0 saturated heterocycles. The van der Waals surface area contributed by atoms with Crippen LogP contribution in [0.25, 0.3) is 0 Å². The van der Waals surface area contributed by atoms with Crippen LogP contribution in [0.5, 0.6) is 0 Å². The van der Waals surface area contributed by atoms with Crippen molar-refractivity contribution in [2.75, 3.05) is 0 Å². The molecule has 6 heteroatoms. The van der Waals surface area contributed by atoms with Gasteiger partial charge in [-0.1, -0.05) is 44.7 Å². The predicted octanol–water partition coefficient (Wildman–Crippen LogP) is 2.28. The zero-order chi connectivity index (χ0) is 14.2. The molecule has 0 aromatic heterocycles. The lowest BCUT2D eigenvalue weighted by atomic mass is 9.99. The number of nitrogens with two attached hydrogens (primary N) is 1. The summed E-state index contributed by atoms with van der Waals surface area (Å²) in [5.41, 5.74) is 6.78. The molecule has 4 N–H and O–H groups in total. The molecule has 0 saturated carbocycles. The van der Waals surface area contributed by atoms with Gasteiger partial charge >= 0.3 is 7.82 Å². The molecule has 0 fully saturated rings. The van der Waals surface area contributed by atoms with E-state index >= 15 is 0 Å². The van der Waals surface area contributed by atoms with Gasteiger partial charge in [0.1, 0.15) is 0 Å². The van der Waals surface area contributed by atoms with Gasteiger partial charge in [-0.05, 0) is 18.4 Å². The van der Waals surface area contributed by atoms with E-state index in [1.165, 1.54) is 0 Å². The number of phosphoric ester groups is 1. The fraction of sp³-hybridized carbons (Fsp3) is 0.500. The minimum Gasteiger partial charge on any atom is -0.325 e. The van der Waals surface area contributed by atoms with E-state index in [0.29, 0.717) is 12.8 Å². The van der Waals surface area contributed by atoms with Crippen LogP contribution in [-0.4, -0.2) is 21.9 Å². The highest BCUT2D eigenvalue weighted by atomic mass is 31.2. The molecule has 0 heterocycles. The van der Waals surface area contributed by atoms with Crippen molar-refractivity contribution < 1.29 is 18.9 Å². The zero-order valence-corrected chi connectivity index (χ0v) is 11.6. The second-order valence-electron chi connectivity index (χ2n) is 3.97. The van der Waals surface area contributed by atoms with E-state index in [0.717, 1.165) is 12.0 Å². The molecule has 104 valence electrons. The monoisotopic (exact) mass is 275 g/mol. The van der Waals surface area contributed by atoms with E-state index < -0.39 is 20.0 Å². The van der Waals surface area contributed by atoms with Gasteiger partial charge in [0.2, 0.25) is 0 Å². The van der Waals surface area contributed by atoms with Crippen molar-refractivity contribution in [3.05, 3.63) is 37.0 Å². The largest absolute Gasteiger partial charge is 0.469 e. The zero-order valence-electron chi connectivity index (χ0n) is 10.7. The molecular formula is C12H22NO4P. The van der Waals surface area contributed by atoms with Crippen molar-refractivity contribution >= 4 is 7.82 Å². The van der Waals surface area contributed by atoms with E-state index in [9.17, 15) is 4.57 Å². The van der Waals surface area contributed by atoms with Gasteiger partial charge in [0.15, 0.2) is 0 Å². The average Bonchev–Trinajstić information content (AvgIpc) is 2.26. The van der Waals surface area contributed by atoms with Crippen molar-refractivity contribution in [1.82, 2.24) is 0 Å². The van der Waals surface area contributed by atoms with Crippen molar-refractivity contribution in [2.45, 2.75) is 38.3 Å². The van der Waals surface area contributed by atoms with E-state index in [-0.39, 0.29) is 0 Å². The summed E-state index contributed by atoms with van der Waals surface area (Å²) in [5.74, 6) is 0. The van der Waals surface area contributed by atoms with Crippen LogP contribution in [0.3, 0.4) is 0 Å². The Labute approximate surface area is 108 Å². The maximum atomic E-state index is 10.9. The lowest BCUT2D eigenvalue weighted by Crippen LogP contribution is -2.36. The van der Waals surface area contributed by atoms with Crippen LogP contribution in [0.15, 0.2) is 37.0 Å². The SMILES string of the molecule is C=CC=C(C=C)CC(N)C(CCC)OP(=O)(O)O. The van der Waals surface area contributed by atoms with Gasteiger partial charge in [-0.2, -0.15) is 0 Å². The fourth-order valence-electron chi connectivity index (χ4n) is 1.58. The summed E-state index contributed by atoms with van der Waals surface area (Å²) in [5, 5.41) is 0. The normalized spacial score (nSPS) is 16.1. The molecule has 0 rings (SSSR count). The summed E-state index contributed by atoms with van der Waals surface area (Å²) in [6, 6.07) is -0.498. The van der Waals surface area contributed by atoms with Crippen LogP contribution in [0.2, 0.25) is 0 Å². The van der Waals surface area contributed by atoms with Crippen LogP contribution >= 0.6 is 7.82 Å². The Balaban J connectivity index is 4.70. The third-order valence-corrected chi connectivity index (χ3v) is 2.93. The van der Waals surface area contributed by atoms with Gasteiger partial charge in [0.25, 0.3) is 0 Å². The van der Waals surface area contributed by atoms with Gasteiger partial charge in [-0.15, -0.1) is 0 Å². The molecule has 0 aliphatic heterocycles. The van der Waals surface area contributed by atoms with Crippen molar-refractivity contribution in [2.24, 2.45) is 5.73 Å². The molecule has 2 atom stereocenters.